The SMILES string of the molecule is Cc1ccc(C(CC(=O)O)NC(=O)c2ccc(N3CCN(C(=O)c4cccnc4)CC3)c(NC(=O)C3CCC3)c2)cc1. The Labute approximate surface area is 244 Å². The summed E-state index contributed by atoms with van der Waals surface area (Å²) in [4.78, 5) is 58.7. The maximum Gasteiger partial charge on any atom is 0.305 e. The van der Waals surface area contributed by atoms with Crippen LogP contribution in [0.4, 0.5) is 11.4 Å². The summed E-state index contributed by atoms with van der Waals surface area (Å²) < 4.78 is 0. The van der Waals surface area contributed by atoms with Gasteiger partial charge in [-0.2, -0.15) is 0 Å². The van der Waals surface area contributed by atoms with E-state index in [4.69, 9.17) is 0 Å². The molecule has 1 aromatic heterocycles. The van der Waals surface area contributed by atoms with Crippen molar-refractivity contribution in [2.24, 2.45) is 5.92 Å². The lowest BCUT2D eigenvalue weighted by Crippen LogP contribution is -2.49. The molecule has 2 heterocycles. The molecule has 10 nitrogen and oxygen atoms in total. The number of piperazine rings is 1. The fourth-order valence-corrected chi connectivity index (χ4v) is 5.25. The maximum absolute atomic E-state index is 13.4. The molecule has 1 aliphatic heterocycles. The molecule has 1 saturated heterocycles. The first-order chi connectivity index (χ1) is 20.3. The van der Waals surface area contributed by atoms with E-state index in [1.807, 2.05) is 37.3 Å². The Morgan fingerprint density at radius 3 is 2.33 bits per heavy atom. The number of nitrogens with zero attached hydrogens (tertiary/aromatic N) is 3. The summed E-state index contributed by atoms with van der Waals surface area (Å²) in [6.07, 6.45) is 5.62. The van der Waals surface area contributed by atoms with E-state index >= 15 is 0 Å². The number of carboxylic acid groups (broad SMARTS) is 1. The lowest BCUT2D eigenvalue weighted by Gasteiger charge is -2.37. The molecule has 1 unspecified atom stereocenters. The summed E-state index contributed by atoms with van der Waals surface area (Å²) >= 11 is 0. The largest absolute Gasteiger partial charge is 0.481 e. The molecule has 0 radical (unpaired) electrons. The van der Waals surface area contributed by atoms with Crippen LogP contribution in [0.15, 0.2) is 67.0 Å². The molecule has 2 aromatic carbocycles. The van der Waals surface area contributed by atoms with Gasteiger partial charge >= 0.3 is 5.97 Å². The molecule has 3 amide bonds. The van der Waals surface area contributed by atoms with Crippen LogP contribution in [0.1, 0.15) is 63.6 Å². The van der Waals surface area contributed by atoms with Crippen LogP contribution in [-0.2, 0) is 9.59 Å². The van der Waals surface area contributed by atoms with Crippen molar-refractivity contribution in [1.29, 1.82) is 0 Å². The summed E-state index contributed by atoms with van der Waals surface area (Å²) in [5, 5.41) is 15.4. The van der Waals surface area contributed by atoms with Crippen molar-refractivity contribution >= 4 is 35.1 Å². The highest BCUT2D eigenvalue weighted by Gasteiger charge is 2.29. The Hall–Kier alpha value is -4.73. The number of amides is 3. The second-order valence-corrected chi connectivity index (χ2v) is 10.9. The number of carbonyl (C=O) groups excluding carboxylic acids is 3. The minimum Gasteiger partial charge on any atom is -0.481 e. The third-order valence-corrected chi connectivity index (χ3v) is 7.97. The number of hydrogen-bond acceptors (Lipinski definition) is 6. The average Bonchev–Trinajstić information content (AvgIpc) is 2.96. The summed E-state index contributed by atoms with van der Waals surface area (Å²) in [6.45, 7) is 4.04. The smallest absolute Gasteiger partial charge is 0.305 e. The van der Waals surface area contributed by atoms with E-state index in [0.717, 1.165) is 30.5 Å². The van der Waals surface area contributed by atoms with Gasteiger partial charge in [0.25, 0.3) is 11.8 Å². The molecule has 2 aliphatic rings. The van der Waals surface area contributed by atoms with E-state index in [1.54, 1.807) is 41.6 Å². The number of hydrogen-bond donors (Lipinski definition) is 3. The van der Waals surface area contributed by atoms with Crippen molar-refractivity contribution < 1.29 is 24.3 Å². The van der Waals surface area contributed by atoms with E-state index in [0.29, 0.717) is 48.6 Å². The molecule has 1 saturated carbocycles. The molecule has 3 aromatic rings. The van der Waals surface area contributed by atoms with Crippen LogP contribution in [0.3, 0.4) is 0 Å². The first-order valence-corrected chi connectivity index (χ1v) is 14.3. The number of aryl methyl sites for hydroxylation is 1. The van der Waals surface area contributed by atoms with Crippen LogP contribution < -0.4 is 15.5 Å². The van der Waals surface area contributed by atoms with E-state index in [1.165, 1.54) is 0 Å². The normalized spacial score (nSPS) is 15.8. The Morgan fingerprint density at radius 1 is 0.976 bits per heavy atom. The molecule has 218 valence electrons. The van der Waals surface area contributed by atoms with Gasteiger partial charge in [0, 0.05) is 50.1 Å². The predicted octanol–water partition coefficient (Wildman–Crippen LogP) is 4.04. The molecule has 5 rings (SSSR count). The van der Waals surface area contributed by atoms with Crippen molar-refractivity contribution in [2.45, 2.75) is 38.6 Å². The van der Waals surface area contributed by atoms with Gasteiger partial charge in [-0.05, 0) is 55.7 Å². The standard InChI is InChI=1S/C32H35N5O5/c1-21-7-9-22(10-8-21)26(19-29(38)39)34-31(41)24-11-12-28(27(18-24)35-30(40)23-4-2-5-23)36-14-16-37(17-15-36)32(42)25-6-3-13-33-20-25/h3,6-13,18,20,23,26H,2,4-5,14-17,19H2,1H3,(H,34,41)(H,35,40)(H,38,39). The Balaban J connectivity index is 1.34. The minimum atomic E-state index is -1.02. The highest BCUT2D eigenvalue weighted by atomic mass is 16.4. The summed E-state index contributed by atoms with van der Waals surface area (Å²) in [6, 6.07) is 15.3. The van der Waals surface area contributed by atoms with Crippen LogP contribution >= 0.6 is 0 Å². The number of aliphatic carboxylic acids is 1. The second kappa shape index (κ2) is 12.8. The molecule has 2 fully saturated rings. The van der Waals surface area contributed by atoms with Gasteiger partial charge in [-0.15, -0.1) is 0 Å². The summed E-state index contributed by atoms with van der Waals surface area (Å²) in [5.41, 5.74) is 3.89. The summed E-state index contributed by atoms with van der Waals surface area (Å²) in [7, 11) is 0. The van der Waals surface area contributed by atoms with E-state index < -0.39 is 17.9 Å². The van der Waals surface area contributed by atoms with Crippen LogP contribution in [0, 0.1) is 12.8 Å². The minimum absolute atomic E-state index is 0.0502. The van der Waals surface area contributed by atoms with Crippen molar-refractivity contribution in [3.8, 4) is 0 Å². The zero-order valence-electron chi connectivity index (χ0n) is 23.6. The highest BCUT2D eigenvalue weighted by Crippen LogP contribution is 2.32. The van der Waals surface area contributed by atoms with Crippen LogP contribution in [0.2, 0.25) is 0 Å². The number of aromatic nitrogens is 1. The number of carboxylic acids is 1. The van der Waals surface area contributed by atoms with Crippen LogP contribution in [-0.4, -0.2) is 64.9 Å². The third-order valence-electron chi connectivity index (χ3n) is 7.97. The zero-order valence-corrected chi connectivity index (χ0v) is 23.6. The van der Waals surface area contributed by atoms with Gasteiger partial charge in [-0.25, -0.2) is 0 Å². The van der Waals surface area contributed by atoms with E-state index in [9.17, 15) is 24.3 Å². The molecule has 3 N–H and O–H groups in total. The number of anilines is 2. The molecular formula is C32H35N5O5. The number of nitrogens with one attached hydrogen (secondary N) is 2. The number of pyridine rings is 1. The Kier molecular flexibility index (Phi) is 8.80. The van der Waals surface area contributed by atoms with Crippen molar-refractivity contribution in [2.75, 3.05) is 36.4 Å². The molecule has 10 heteroatoms. The van der Waals surface area contributed by atoms with Gasteiger partial charge in [0.15, 0.2) is 0 Å². The molecule has 42 heavy (non-hydrogen) atoms. The van der Waals surface area contributed by atoms with Crippen molar-refractivity contribution in [3.63, 3.8) is 0 Å². The highest BCUT2D eigenvalue weighted by molar-refractivity contribution is 6.01. The Bertz CT molecular complexity index is 1450. The van der Waals surface area contributed by atoms with Crippen molar-refractivity contribution in [1.82, 2.24) is 15.2 Å². The van der Waals surface area contributed by atoms with E-state index in [-0.39, 0.29) is 24.2 Å². The number of carbonyl (C=O) groups is 4. The average molecular weight is 570 g/mol. The second-order valence-electron chi connectivity index (χ2n) is 10.9. The predicted molar refractivity (Wildman–Crippen MR) is 158 cm³/mol. The molecule has 1 atom stereocenters. The van der Waals surface area contributed by atoms with Crippen molar-refractivity contribution in [3.05, 3.63) is 89.2 Å². The fraction of sp³-hybridized carbons (Fsp3) is 0.344. The lowest BCUT2D eigenvalue weighted by atomic mass is 9.85. The Morgan fingerprint density at radius 2 is 1.71 bits per heavy atom. The maximum atomic E-state index is 13.4. The van der Waals surface area contributed by atoms with Crippen LogP contribution in [0.5, 0.6) is 0 Å². The number of benzene rings is 2. The number of rotatable bonds is 9. The third kappa shape index (κ3) is 6.76. The first-order valence-electron chi connectivity index (χ1n) is 14.3. The van der Waals surface area contributed by atoms with Gasteiger partial charge in [-0.3, -0.25) is 24.2 Å². The van der Waals surface area contributed by atoms with Crippen LogP contribution in [0.25, 0.3) is 0 Å². The monoisotopic (exact) mass is 569 g/mol. The van der Waals surface area contributed by atoms with Gasteiger partial charge in [0.2, 0.25) is 5.91 Å². The molecular weight excluding hydrogens is 534 g/mol. The topological polar surface area (TPSA) is 132 Å². The van der Waals surface area contributed by atoms with Gasteiger partial charge in [-0.1, -0.05) is 36.2 Å². The quantitative estimate of drug-likeness (QED) is 0.354. The molecule has 1 aliphatic carbocycles. The molecule has 0 bridgehead atoms. The lowest BCUT2D eigenvalue weighted by molar-refractivity contribution is -0.137. The van der Waals surface area contributed by atoms with E-state index in [2.05, 4.69) is 20.5 Å². The molecule has 0 spiro atoms. The summed E-state index contributed by atoms with van der Waals surface area (Å²) in [5.74, 6) is -1.65. The zero-order chi connectivity index (χ0) is 29.6. The fourth-order valence-electron chi connectivity index (χ4n) is 5.25. The van der Waals surface area contributed by atoms with Gasteiger partial charge in [0.1, 0.15) is 0 Å². The first kappa shape index (κ1) is 28.8. The van der Waals surface area contributed by atoms with Gasteiger partial charge < -0.3 is 25.5 Å². The van der Waals surface area contributed by atoms with Gasteiger partial charge in [0.05, 0.1) is 29.4 Å².